The molecule has 1 aliphatic heterocycles. The number of anilines is 1. The second-order valence-corrected chi connectivity index (χ2v) is 7.39. The minimum absolute atomic E-state index is 0.0992. The number of rotatable bonds is 7. The number of nitrogens with zero attached hydrogens (tertiary/aromatic N) is 1. The molecule has 2 aromatic carbocycles. The molecule has 0 aliphatic carbocycles. The van der Waals surface area contributed by atoms with Crippen molar-refractivity contribution < 1.29 is 9.53 Å². The van der Waals surface area contributed by atoms with E-state index < -0.39 is 5.66 Å². The average Bonchev–Trinajstić information content (AvgIpc) is 2.67. The minimum atomic E-state index is -0.545. The van der Waals surface area contributed by atoms with Crippen LogP contribution in [0.15, 0.2) is 48.5 Å². The SMILES string of the molecule is CCCCN1C(=O)c2ccccc2NC1(CC)c1ccc(OC(C)C)cc1. The molecule has 1 unspecified atom stereocenters. The molecule has 4 heteroatoms. The van der Waals surface area contributed by atoms with Crippen LogP contribution in [0.4, 0.5) is 5.69 Å². The molecule has 3 rings (SSSR count). The fraction of sp³-hybridized carbons (Fsp3) is 0.435. The Morgan fingerprint density at radius 2 is 1.78 bits per heavy atom. The van der Waals surface area contributed by atoms with Crippen molar-refractivity contribution in [1.29, 1.82) is 0 Å². The predicted molar refractivity (Wildman–Crippen MR) is 110 cm³/mol. The molecule has 4 nitrogen and oxygen atoms in total. The van der Waals surface area contributed by atoms with Crippen LogP contribution in [0.25, 0.3) is 0 Å². The normalized spacial score (nSPS) is 19.0. The van der Waals surface area contributed by atoms with Gasteiger partial charge in [0.1, 0.15) is 11.4 Å². The second kappa shape index (κ2) is 8.03. The third-order valence-electron chi connectivity index (χ3n) is 5.16. The molecule has 1 aliphatic rings. The number of benzene rings is 2. The molecule has 0 fully saturated rings. The van der Waals surface area contributed by atoms with Crippen molar-refractivity contribution in [3.05, 3.63) is 59.7 Å². The number of para-hydroxylation sites is 1. The molecule has 0 saturated heterocycles. The highest BCUT2D eigenvalue weighted by Gasteiger charge is 2.44. The number of fused-ring (bicyclic) bond motifs is 1. The van der Waals surface area contributed by atoms with Crippen molar-refractivity contribution >= 4 is 11.6 Å². The molecule has 1 N–H and O–H groups in total. The van der Waals surface area contributed by atoms with Crippen LogP contribution >= 0.6 is 0 Å². The molecule has 0 bridgehead atoms. The molecule has 0 radical (unpaired) electrons. The summed E-state index contributed by atoms with van der Waals surface area (Å²) in [6.07, 6.45) is 2.94. The van der Waals surface area contributed by atoms with Crippen LogP contribution in [0.2, 0.25) is 0 Å². The first-order valence-corrected chi connectivity index (χ1v) is 9.98. The van der Waals surface area contributed by atoms with Crippen LogP contribution in [0.5, 0.6) is 5.75 Å². The quantitative estimate of drug-likeness (QED) is 0.713. The molecule has 0 saturated carbocycles. The van der Waals surface area contributed by atoms with E-state index in [0.29, 0.717) is 0 Å². The molecule has 1 amide bonds. The lowest BCUT2D eigenvalue weighted by Crippen LogP contribution is -2.57. The van der Waals surface area contributed by atoms with Crippen LogP contribution in [0.3, 0.4) is 0 Å². The Bertz CT molecular complexity index is 785. The number of nitrogens with one attached hydrogen (secondary N) is 1. The van der Waals surface area contributed by atoms with Crippen molar-refractivity contribution in [2.45, 2.75) is 58.7 Å². The predicted octanol–water partition coefficient (Wildman–Crippen LogP) is 5.40. The zero-order valence-electron chi connectivity index (χ0n) is 16.8. The maximum atomic E-state index is 13.3. The van der Waals surface area contributed by atoms with E-state index in [1.165, 1.54) is 0 Å². The first kappa shape index (κ1) is 19.3. The summed E-state index contributed by atoms with van der Waals surface area (Å²) in [6.45, 7) is 9.06. The zero-order valence-corrected chi connectivity index (χ0v) is 16.8. The maximum absolute atomic E-state index is 13.3. The fourth-order valence-electron chi connectivity index (χ4n) is 3.79. The third kappa shape index (κ3) is 3.66. The van der Waals surface area contributed by atoms with Gasteiger partial charge in [0.15, 0.2) is 0 Å². The van der Waals surface area contributed by atoms with E-state index in [-0.39, 0.29) is 12.0 Å². The number of amides is 1. The van der Waals surface area contributed by atoms with Gasteiger partial charge in [-0.1, -0.05) is 44.5 Å². The van der Waals surface area contributed by atoms with E-state index in [2.05, 4.69) is 31.3 Å². The minimum Gasteiger partial charge on any atom is -0.491 e. The molecule has 27 heavy (non-hydrogen) atoms. The lowest BCUT2D eigenvalue weighted by molar-refractivity contribution is 0.0478. The number of carbonyl (C=O) groups is 1. The number of hydrogen-bond acceptors (Lipinski definition) is 3. The Kier molecular flexibility index (Phi) is 5.73. The topological polar surface area (TPSA) is 41.6 Å². The van der Waals surface area contributed by atoms with E-state index in [4.69, 9.17) is 4.74 Å². The van der Waals surface area contributed by atoms with Gasteiger partial charge >= 0.3 is 0 Å². The summed E-state index contributed by atoms with van der Waals surface area (Å²) >= 11 is 0. The average molecular weight is 367 g/mol. The molecule has 1 heterocycles. The van der Waals surface area contributed by atoms with Gasteiger partial charge in [-0.25, -0.2) is 0 Å². The van der Waals surface area contributed by atoms with Gasteiger partial charge in [-0.3, -0.25) is 4.79 Å². The van der Waals surface area contributed by atoms with E-state index in [0.717, 1.165) is 48.4 Å². The van der Waals surface area contributed by atoms with Gasteiger partial charge in [-0.15, -0.1) is 0 Å². The maximum Gasteiger partial charge on any atom is 0.258 e. The standard InChI is InChI=1S/C23H30N2O2/c1-5-7-16-25-22(26)20-10-8-9-11-21(20)24-23(25,6-2)18-12-14-19(15-13-18)27-17(3)4/h8-15,17,24H,5-7,16H2,1-4H3. The highest BCUT2D eigenvalue weighted by molar-refractivity contribution is 6.02. The van der Waals surface area contributed by atoms with Crippen molar-refractivity contribution in [2.75, 3.05) is 11.9 Å². The smallest absolute Gasteiger partial charge is 0.258 e. The first-order valence-electron chi connectivity index (χ1n) is 9.98. The molecular weight excluding hydrogens is 336 g/mol. The molecule has 0 spiro atoms. The third-order valence-corrected chi connectivity index (χ3v) is 5.16. The van der Waals surface area contributed by atoms with Gasteiger partial charge < -0.3 is 15.0 Å². The van der Waals surface area contributed by atoms with E-state index >= 15 is 0 Å². The molecule has 1 atom stereocenters. The first-order chi connectivity index (χ1) is 13.0. The molecule has 0 aromatic heterocycles. The van der Waals surface area contributed by atoms with Gasteiger partial charge in [0.25, 0.3) is 5.91 Å². The van der Waals surface area contributed by atoms with E-state index in [9.17, 15) is 4.79 Å². The Morgan fingerprint density at radius 3 is 2.41 bits per heavy atom. The summed E-state index contributed by atoms with van der Waals surface area (Å²) in [7, 11) is 0. The van der Waals surface area contributed by atoms with Gasteiger partial charge in [-0.05, 0) is 56.5 Å². The van der Waals surface area contributed by atoms with Crippen molar-refractivity contribution in [1.82, 2.24) is 4.90 Å². The Hall–Kier alpha value is -2.49. The summed E-state index contributed by atoms with van der Waals surface area (Å²) in [4.78, 5) is 15.4. The summed E-state index contributed by atoms with van der Waals surface area (Å²) in [5.41, 5.74) is 2.19. The Balaban J connectivity index is 2.05. The fourth-order valence-corrected chi connectivity index (χ4v) is 3.79. The monoisotopic (exact) mass is 366 g/mol. The van der Waals surface area contributed by atoms with Crippen LogP contribution in [-0.4, -0.2) is 23.5 Å². The van der Waals surface area contributed by atoms with Crippen LogP contribution in [0.1, 0.15) is 62.9 Å². The van der Waals surface area contributed by atoms with Gasteiger partial charge in [0.05, 0.1) is 11.7 Å². The highest BCUT2D eigenvalue weighted by atomic mass is 16.5. The number of carbonyl (C=O) groups excluding carboxylic acids is 1. The van der Waals surface area contributed by atoms with Crippen LogP contribution in [0, 0.1) is 0 Å². The largest absolute Gasteiger partial charge is 0.491 e. The van der Waals surface area contributed by atoms with E-state index in [1.54, 1.807) is 0 Å². The Labute approximate surface area is 162 Å². The molecule has 144 valence electrons. The lowest BCUT2D eigenvalue weighted by Gasteiger charge is -2.48. The van der Waals surface area contributed by atoms with Crippen molar-refractivity contribution in [2.24, 2.45) is 0 Å². The second-order valence-electron chi connectivity index (χ2n) is 7.39. The van der Waals surface area contributed by atoms with Crippen LogP contribution in [-0.2, 0) is 5.66 Å². The van der Waals surface area contributed by atoms with Gasteiger partial charge in [0.2, 0.25) is 0 Å². The zero-order chi connectivity index (χ0) is 19.4. The summed E-state index contributed by atoms with van der Waals surface area (Å²) in [5, 5.41) is 3.69. The lowest BCUT2D eigenvalue weighted by atomic mass is 9.89. The summed E-state index contributed by atoms with van der Waals surface area (Å²) in [6, 6.07) is 15.9. The number of unbranched alkanes of at least 4 members (excludes halogenated alkanes) is 1. The van der Waals surface area contributed by atoms with Crippen LogP contribution < -0.4 is 10.1 Å². The Morgan fingerprint density at radius 1 is 1.07 bits per heavy atom. The number of ether oxygens (including phenoxy) is 1. The highest BCUT2D eigenvalue weighted by Crippen LogP contribution is 2.40. The van der Waals surface area contributed by atoms with Gasteiger partial charge in [-0.2, -0.15) is 0 Å². The summed E-state index contributed by atoms with van der Waals surface area (Å²) in [5.74, 6) is 0.949. The van der Waals surface area contributed by atoms with E-state index in [1.807, 2.05) is 55.1 Å². The van der Waals surface area contributed by atoms with Gasteiger partial charge in [0, 0.05) is 12.2 Å². The summed E-state index contributed by atoms with van der Waals surface area (Å²) < 4.78 is 5.79. The number of hydrogen-bond donors (Lipinski definition) is 1. The molecular formula is C23H30N2O2. The van der Waals surface area contributed by atoms with Crippen molar-refractivity contribution in [3.63, 3.8) is 0 Å². The van der Waals surface area contributed by atoms with Crippen molar-refractivity contribution in [3.8, 4) is 5.75 Å². The molecule has 2 aromatic rings.